The van der Waals surface area contributed by atoms with E-state index in [1.165, 1.54) is 0 Å². The van der Waals surface area contributed by atoms with Gasteiger partial charge in [0.1, 0.15) is 13.2 Å². The van der Waals surface area contributed by atoms with Crippen LogP contribution in [-0.2, 0) is 16.3 Å². The number of nitrogens with one attached hydrogen (secondary N) is 2. The number of benzene rings is 1. The van der Waals surface area contributed by atoms with Gasteiger partial charge in [0.05, 0.1) is 16.5 Å². The third kappa shape index (κ3) is 6.28. The van der Waals surface area contributed by atoms with E-state index in [2.05, 4.69) is 15.6 Å². The van der Waals surface area contributed by atoms with Crippen LogP contribution >= 0.6 is 35.6 Å². The van der Waals surface area contributed by atoms with E-state index in [9.17, 15) is 8.42 Å². The zero-order chi connectivity index (χ0) is 18.6. The molecule has 2 heterocycles. The minimum atomic E-state index is -2.92. The first-order valence-electron chi connectivity index (χ1n) is 8.80. The predicted octanol–water partition coefficient (Wildman–Crippen LogP) is 2.01. The number of hydrogen-bond acceptors (Lipinski definition) is 5. The number of halogens is 2. The smallest absolute Gasteiger partial charge is 0.191 e. The molecule has 2 N–H and O–H groups in total. The van der Waals surface area contributed by atoms with E-state index in [0.717, 1.165) is 5.56 Å². The van der Waals surface area contributed by atoms with E-state index in [0.29, 0.717) is 61.6 Å². The normalized spacial score (nSPS) is 20.7. The van der Waals surface area contributed by atoms with Gasteiger partial charge in [0.15, 0.2) is 27.3 Å². The summed E-state index contributed by atoms with van der Waals surface area (Å²) in [6.07, 6.45) is 1.31. The molecule has 0 aromatic heterocycles. The highest BCUT2D eigenvalue weighted by Crippen LogP contribution is 2.38. The van der Waals surface area contributed by atoms with Crippen molar-refractivity contribution >= 4 is 51.4 Å². The molecule has 0 radical (unpaired) electrons. The van der Waals surface area contributed by atoms with Crippen molar-refractivity contribution in [2.45, 2.75) is 25.8 Å². The molecule has 1 unspecified atom stereocenters. The van der Waals surface area contributed by atoms with Gasteiger partial charge in [-0.3, -0.25) is 4.99 Å². The molecule has 0 aliphatic carbocycles. The molecule has 1 atom stereocenters. The summed E-state index contributed by atoms with van der Waals surface area (Å²) in [4.78, 5) is 4.55. The zero-order valence-electron chi connectivity index (χ0n) is 15.2. The number of ether oxygens (including phenoxy) is 2. The number of hydrogen-bond donors (Lipinski definition) is 2. The average Bonchev–Trinajstić information content (AvgIpc) is 2.94. The fourth-order valence-electron chi connectivity index (χ4n) is 3.03. The Morgan fingerprint density at radius 2 is 2.11 bits per heavy atom. The topological polar surface area (TPSA) is 89.0 Å². The molecule has 7 nitrogen and oxygen atoms in total. The first-order chi connectivity index (χ1) is 12.5. The van der Waals surface area contributed by atoms with E-state index in [-0.39, 0.29) is 41.5 Å². The van der Waals surface area contributed by atoms with Crippen LogP contribution in [0.15, 0.2) is 17.1 Å². The Labute approximate surface area is 182 Å². The van der Waals surface area contributed by atoms with Crippen molar-refractivity contribution in [1.29, 1.82) is 0 Å². The van der Waals surface area contributed by atoms with Crippen molar-refractivity contribution in [3.63, 3.8) is 0 Å². The Balaban J connectivity index is 0.00000261. The summed E-state index contributed by atoms with van der Waals surface area (Å²) in [5.74, 6) is 2.30. The van der Waals surface area contributed by atoms with Gasteiger partial charge in [-0.25, -0.2) is 8.42 Å². The lowest BCUT2D eigenvalue weighted by molar-refractivity contribution is 0.171. The third-order valence-corrected chi connectivity index (χ3v) is 6.29. The number of aliphatic imine (C=N–C) groups is 1. The lowest BCUT2D eigenvalue weighted by Gasteiger charge is -2.20. The Hall–Kier alpha value is -0.940. The predicted molar refractivity (Wildman–Crippen MR) is 118 cm³/mol. The molecule has 0 saturated carbocycles. The third-order valence-electron chi connectivity index (χ3n) is 4.24. The van der Waals surface area contributed by atoms with Gasteiger partial charge in [0.2, 0.25) is 0 Å². The lowest BCUT2D eigenvalue weighted by Crippen LogP contribution is -2.44. The average molecular weight is 530 g/mol. The van der Waals surface area contributed by atoms with Crippen LogP contribution in [0.25, 0.3) is 0 Å². The van der Waals surface area contributed by atoms with Crippen LogP contribution in [0, 0.1) is 0 Å². The second-order valence-corrected chi connectivity index (χ2v) is 8.99. The second-order valence-electron chi connectivity index (χ2n) is 6.36. The minimum absolute atomic E-state index is 0. The molecule has 152 valence electrons. The van der Waals surface area contributed by atoms with Crippen LogP contribution in [0.5, 0.6) is 11.5 Å². The van der Waals surface area contributed by atoms with Crippen LogP contribution in [0.3, 0.4) is 0 Å². The Morgan fingerprint density at radius 3 is 2.81 bits per heavy atom. The Morgan fingerprint density at radius 1 is 1.33 bits per heavy atom. The van der Waals surface area contributed by atoms with Crippen molar-refractivity contribution in [1.82, 2.24) is 10.6 Å². The van der Waals surface area contributed by atoms with Gasteiger partial charge in [-0.2, -0.15) is 0 Å². The van der Waals surface area contributed by atoms with E-state index in [1.807, 2.05) is 19.1 Å². The molecule has 1 saturated heterocycles. The summed E-state index contributed by atoms with van der Waals surface area (Å²) in [5.41, 5.74) is 1.02. The van der Waals surface area contributed by atoms with Crippen molar-refractivity contribution in [3.05, 3.63) is 22.7 Å². The molecule has 1 aromatic rings. The molecule has 0 bridgehead atoms. The molecular formula is C17H25ClIN3O4S. The number of guanidine groups is 1. The van der Waals surface area contributed by atoms with Crippen LogP contribution in [0.2, 0.25) is 5.02 Å². The molecule has 10 heteroatoms. The maximum Gasteiger partial charge on any atom is 0.191 e. The highest BCUT2D eigenvalue weighted by Gasteiger charge is 2.28. The summed E-state index contributed by atoms with van der Waals surface area (Å²) >= 11 is 6.26. The van der Waals surface area contributed by atoms with Gasteiger partial charge in [-0.1, -0.05) is 11.6 Å². The number of fused-ring (bicyclic) bond motifs is 1. The fourth-order valence-corrected chi connectivity index (χ4v) is 4.99. The summed E-state index contributed by atoms with van der Waals surface area (Å²) in [5, 5.41) is 6.91. The summed E-state index contributed by atoms with van der Waals surface area (Å²) in [6, 6.07) is 3.72. The van der Waals surface area contributed by atoms with Gasteiger partial charge in [-0.05, 0) is 37.5 Å². The largest absolute Gasteiger partial charge is 0.486 e. The monoisotopic (exact) mass is 529 g/mol. The number of rotatable bonds is 5. The second kappa shape index (κ2) is 10.0. The summed E-state index contributed by atoms with van der Waals surface area (Å²) in [6.45, 7) is 4.25. The molecule has 2 aliphatic rings. The molecule has 3 rings (SSSR count). The first-order valence-corrected chi connectivity index (χ1v) is 11.0. The highest BCUT2D eigenvalue weighted by atomic mass is 127. The van der Waals surface area contributed by atoms with Crippen molar-refractivity contribution < 1.29 is 17.9 Å². The van der Waals surface area contributed by atoms with Crippen LogP contribution in [0.1, 0.15) is 18.9 Å². The summed E-state index contributed by atoms with van der Waals surface area (Å²) < 4.78 is 34.3. The van der Waals surface area contributed by atoms with Gasteiger partial charge in [0.25, 0.3) is 0 Å². The fraction of sp³-hybridized carbons (Fsp3) is 0.588. The van der Waals surface area contributed by atoms with Crippen LogP contribution in [-0.4, -0.2) is 58.2 Å². The molecular weight excluding hydrogens is 505 g/mol. The Kier molecular flexibility index (Phi) is 8.29. The Bertz CT molecular complexity index is 789. The van der Waals surface area contributed by atoms with Gasteiger partial charge >= 0.3 is 0 Å². The van der Waals surface area contributed by atoms with Gasteiger partial charge in [-0.15, -0.1) is 24.0 Å². The molecule has 0 spiro atoms. The van der Waals surface area contributed by atoms with Crippen LogP contribution in [0.4, 0.5) is 0 Å². The van der Waals surface area contributed by atoms with E-state index in [4.69, 9.17) is 21.1 Å². The van der Waals surface area contributed by atoms with E-state index in [1.54, 1.807) is 0 Å². The standard InChI is InChI=1S/C17H24ClN3O4S.HI/c1-2-19-17(21-13-4-8-26(22,23)11-13)20-5-3-12-9-14(18)16-15(10-12)24-6-7-25-16;/h9-10,13H,2-8,11H2,1H3,(H2,19,20,21);1H. The number of nitrogens with zero attached hydrogens (tertiary/aromatic N) is 1. The van der Waals surface area contributed by atoms with Crippen molar-refractivity contribution in [3.8, 4) is 11.5 Å². The first kappa shape index (κ1) is 22.4. The van der Waals surface area contributed by atoms with Crippen molar-refractivity contribution in [2.75, 3.05) is 37.8 Å². The van der Waals surface area contributed by atoms with E-state index < -0.39 is 9.84 Å². The molecule has 27 heavy (non-hydrogen) atoms. The maximum absolute atomic E-state index is 11.6. The molecule has 0 amide bonds. The maximum atomic E-state index is 11.6. The number of sulfone groups is 1. The zero-order valence-corrected chi connectivity index (χ0v) is 19.1. The van der Waals surface area contributed by atoms with E-state index >= 15 is 0 Å². The van der Waals surface area contributed by atoms with Crippen molar-refractivity contribution in [2.24, 2.45) is 4.99 Å². The lowest BCUT2D eigenvalue weighted by atomic mass is 10.1. The molecule has 1 fully saturated rings. The molecule has 1 aromatic carbocycles. The van der Waals surface area contributed by atoms with Gasteiger partial charge < -0.3 is 20.1 Å². The van der Waals surface area contributed by atoms with Gasteiger partial charge in [0, 0.05) is 19.1 Å². The minimum Gasteiger partial charge on any atom is -0.486 e. The highest BCUT2D eigenvalue weighted by molar-refractivity contribution is 14.0. The van der Waals surface area contributed by atoms with Crippen LogP contribution < -0.4 is 20.1 Å². The SMILES string of the molecule is CCNC(=NCCc1cc(Cl)c2c(c1)OCCO2)NC1CCS(=O)(=O)C1.I. The summed E-state index contributed by atoms with van der Waals surface area (Å²) in [7, 11) is -2.92. The molecule has 2 aliphatic heterocycles. The quantitative estimate of drug-likeness (QED) is 0.345.